The third-order valence-electron chi connectivity index (χ3n) is 4.79. The summed E-state index contributed by atoms with van der Waals surface area (Å²) in [4.78, 5) is 14.7. The first-order valence-electron chi connectivity index (χ1n) is 8.49. The molecular weight excluding hydrogens is 260 g/mol. The highest BCUT2D eigenvalue weighted by Gasteiger charge is 2.17. The van der Waals surface area contributed by atoms with Gasteiger partial charge in [-0.15, -0.1) is 0 Å². The molecule has 1 heterocycles. The number of nitrogens with zero attached hydrogens (tertiary/aromatic N) is 1. The molecule has 1 aromatic rings. The van der Waals surface area contributed by atoms with Crippen molar-refractivity contribution in [3.8, 4) is 0 Å². The lowest BCUT2D eigenvalue weighted by Crippen LogP contribution is -2.36. The van der Waals surface area contributed by atoms with Gasteiger partial charge in [-0.1, -0.05) is 19.3 Å². The summed E-state index contributed by atoms with van der Waals surface area (Å²) in [6, 6.07) is 8.53. The van der Waals surface area contributed by atoms with Crippen LogP contribution in [-0.2, 0) is 0 Å². The second kappa shape index (κ2) is 6.97. The highest BCUT2D eigenvalue weighted by Crippen LogP contribution is 2.21. The maximum absolute atomic E-state index is 12.3. The fourth-order valence-electron chi connectivity index (χ4n) is 3.49. The van der Waals surface area contributed by atoms with E-state index in [1.54, 1.807) is 0 Å². The van der Waals surface area contributed by atoms with Crippen molar-refractivity contribution >= 4 is 11.6 Å². The molecule has 1 amide bonds. The van der Waals surface area contributed by atoms with Crippen LogP contribution >= 0.6 is 0 Å². The highest BCUT2D eigenvalue weighted by atomic mass is 16.1. The Morgan fingerprint density at radius 1 is 0.905 bits per heavy atom. The molecule has 2 aliphatic rings. The smallest absolute Gasteiger partial charge is 0.251 e. The lowest BCUT2D eigenvalue weighted by molar-refractivity contribution is 0.0928. The Kier molecular flexibility index (Phi) is 4.79. The van der Waals surface area contributed by atoms with Crippen molar-refractivity contribution in [2.24, 2.45) is 0 Å². The quantitative estimate of drug-likeness (QED) is 0.918. The summed E-state index contributed by atoms with van der Waals surface area (Å²) in [6.45, 7) is 2.29. The predicted molar refractivity (Wildman–Crippen MR) is 86.8 cm³/mol. The number of anilines is 1. The lowest BCUT2D eigenvalue weighted by atomic mass is 9.95. The van der Waals surface area contributed by atoms with Crippen LogP contribution in [0, 0.1) is 0 Å². The summed E-state index contributed by atoms with van der Waals surface area (Å²) in [5, 5.41) is 3.18. The molecule has 1 saturated heterocycles. The Morgan fingerprint density at radius 2 is 1.52 bits per heavy atom. The van der Waals surface area contributed by atoms with Crippen molar-refractivity contribution < 1.29 is 4.79 Å². The topological polar surface area (TPSA) is 32.3 Å². The molecule has 0 unspecified atom stereocenters. The average Bonchev–Trinajstić information content (AvgIpc) is 2.57. The van der Waals surface area contributed by atoms with E-state index in [2.05, 4.69) is 22.3 Å². The summed E-state index contributed by atoms with van der Waals surface area (Å²) in [7, 11) is 0. The Balaban J connectivity index is 1.58. The second-order valence-corrected chi connectivity index (χ2v) is 6.40. The monoisotopic (exact) mass is 286 g/mol. The zero-order valence-corrected chi connectivity index (χ0v) is 12.8. The van der Waals surface area contributed by atoms with Gasteiger partial charge >= 0.3 is 0 Å². The standard InChI is InChI=1S/C18H26N2O/c21-18(19-16-7-3-1-4-8-16)15-9-11-17(12-10-15)20-13-5-2-6-14-20/h9-12,16H,1-8,13-14H2,(H,19,21). The molecule has 114 valence electrons. The first-order chi connectivity index (χ1) is 10.3. The number of carbonyl (C=O) groups excluding carboxylic acids is 1. The van der Waals surface area contributed by atoms with E-state index in [9.17, 15) is 4.79 Å². The summed E-state index contributed by atoms with van der Waals surface area (Å²) < 4.78 is 0. The number of hydrogen-bond acceptors (Lipinski definition) is 2. The molecule has 3 heteroatoms. The summed E-state index contributed by atoms with van der Waals surface area (Å²) in [5.74, 6) is 0.0899. The second-order valence-electron chi connectivity index (χ2n) is 6.40. The Morgan fingerprint density at radius 3 is 2.19 bits per heavy atom. The van der Waals surface area contributed by atoms with E-state index < -0.39 is 0 Å². The molecule has 1 aromatic carbocycles. The molecule has 2 fully saturated rings. The van der Waals surface area contributed by atoms with Crippen LogP contribution in [0.2, 0.25) is 0 Å². The molecule has 3 nitrogen and oxygen atoms in total. The lowest BCUT2D eigenvalue weighted by Gasteiger charge is -2.29. The van der Waals surface area contributed by atoms with Crippen LogP contribution < -0.4 is 10.2 Å². The molecule has 3 rings (SSSR count). The SMILES string of the molecule is O=C(NC1CCCCC1)c1ccc(N2CCCCC2)cc1. The zero-order chi connectivity index (χ0) is 14.5. The van der Waals surface area contributed by atoms with Gasteiger partial charge in [-0.25, -0.2) is 0 Å². The van der Waals surface area contributed by atoms with Gasteiger partial charge in [0.2, 0.25) is 0 Å². The Labute approximate surface area is 127 Å². The maximum atomic E-state index is 12.3. The number of piperidine rings is 1. The van der Waals surface area contributed by atoms with E-state index >= 15 is 0 Å². The molecule has 0 atom stereocenters. The minimum absolute atomic E-state index is 0.0899. The van der Waals surface area contributed by atoms with Gasteiger partial charge in [0.15, 0.2) is 0 Å². The largest absolute Gasteiger partial charge is 0.372 e. The first kappa shape index (κ1) is 14.4. The van der Waals surface area contributed by atoms with Gasteiger partial charge in [0.1, 0.15) is 0 Å². The van der Waals surface area contributed by atoms with E-state index in [-0.39, 0.29) is 5.91 Å². The summed E-state index contributed by atoms with van der Waals surface area (Å²) in [6.07, 6.45) is 10.00. The first-order valence-corrected chi connectivity index (χ1v) is 8.49. The van der Waals surface area contributed by atoms with Gasteiger partial charge in [0.25, 0.3) is 5.91 Å². The summed E-state index contributed by atoms with van der Waals surface area (Å²) in [5.41, 5.74) is 2.05. The number of hydrogen-bond donors (Lipinski definition) is 1. The molecule has 0 aromatic heterocycles. The maximum Gasteiger partial charge on any atom is 0.251 e. The number of carbonyl (C=O) groups is 1. The Hall–Kier alpha value is -1.51. The Bertz CT molecular complexity index is 457. The van der Waals surface area contributed by atoms with Crippen molar-refractivity contribution in [1.29, 1.82) is 0 Å². The van der Waals surface area contributed by atoms with Gasteiger partial charge in [-0.3, -0.25) is 4.79 Å². The van der Waals surface area contributed by atoms with Crippen LogP contribution in [0.5, 0.6) is 0 Å². The van der Waals surface area contributed by atoms with Crippen LogP contribution in [-0.4, -0.2) is 25.0 Å². The summed E-state index contributed by atoms with van der Waals surface area (Å²) >= 11 is 0. The normalized spacial score (nSPS) is 20.3. The van der Waals surface area contributed by atoms with Crippen LogP contribution in [0.25, 0.3) is 0 Å². The fraction of sp³-hybridized carbons (Fsp3) is 0.611. The van der Waals surface area contributed by atoms with E-state index in [0.29, 0.717) is 6.04 Å². The number of amides is 1. The third kappa shape index (κ3) is 3.78. The number of benzene rings is 1. The number of nitrogens with one attached hydrogen (secondary N) is 1. The third-order valence-corrected chi connectivity index (χ3v) is 4.79. The van der Waals surface area contributed by atoms with Gasteiger partial charge in [-0.2, -0.15) is 0 Å². The van der Waals surface area contributed by atoms with Crippen molar-refractivity contribution in [3.05, 3.63) is 29.8 Å². The fourth-order valence-corrected chi connectivity index (χ4v) is 3.49. The minimum atomic E-state index is 0.0899. The van der Waals surface area contributed by atoms with E-state index in [4.69, 9.17) is 0 Å². The van der Waals surface area contributed by atoms with Crippen molar-refractivity contribution in [2.45, 2.75) is 57.4 Å². The van der Waals surface area contributed by atoms with E-state index in [0.717, 1.165) is 31.5 Å². The van der Waals surface area contributed by atoms with Gasteiger partial charge < -0.3 is 10.2 Å². The number of rotatable bonds is 3. The molecule has 1 aliphatic carbocycles. The van der Waals surface area contributed by atoms with Crippen LogP contribution in [0.3, 0.4) is 0 Å². The molecule has 0 spiro atoms. The van der Waals surface area contributed by atoms with Gasteiger partial charge in [0.05, 0.1) is 0 Å². The van der Waals surface area contributed by atoms with Crippen LogP contribution in [0.4, 0.5) is 5.69 Å². The molecule has 1 aliphatic heterocycles. The minimum Gasteiger partial charge on any atom is -0.372 e. The van der Waals surface area contributed by atoms with Crippen molar-refractivity contribution in [3.63, 3.8) is 0 Å². The zero-order valence-electron chi connectivity index (χ0n) is 12.8. The van der Waals surface area contributed by atoms with Crippen molar-refractivity contribution in [1.82, 2.24) is 5.32 Å². The van der Waals surface area contributed by atoms with Gasteiger partial charge in [0, 0.05) is 30.4 Å². The molecule has 0 bridgehead atoms. The van der Waals surface area contributed by atoms with Crippen molar-refractivity contribution in [2.75, 3.05) is 18.0 Å². The van der Waals surface area contributed by atoms with Gasteiger partial charge in [-0.05, 0) is 56.4 Å². The van der Waals surface area contributed by atoms with Crippen LogP contribution in [0.15, 0.2) is 24.3 Å². The van der Waals surface area contributed by atoms with E-state index in [1.807, 2.05) is 12.1 Å². The molecule has 1 N–H and O–H groups in total. The molecule has 21 heavy (non-hydrogen) atoms. The molecule has 1 saturated carbocycles. The average molecular weight is 286 g/mol. The predicted octanol–water partition coefficient (Wildman–Crippen LogP) is 3.74. The molecular formula is C18H26N2O. The van der Waals surface area contributed by atoms with E-state index in [1.165, 1.54) is 44.2 Å². The molecule has 0 radical (unpaired) electrons. The van der Waals surface area contributed by atoms with Crippen LogP contribution in [0.1, 0.15) is 61.7 Å². The highest BCUT2D eigenvalue weighted by molar-refractivity contribution is 5.94.